The van der Waals surface area contributed by atoms with Crippen molar-refractivity contribution in [3.63, 3.8) is 0 Å². The summed E-state index contributed by atoms with van der Waals surface area (Å²) in [6.45, 7) is 0.944. The number of rotatable bonds is 5. The SMILES string of the molecule is O=C(OCC(=O)N1CCC(Cc2ccccc2)CC1)c1ccc(O)cc1O. The molecule has 1 aliphatic heterocycles. The molecule has 1 heterocycles. The van der Waals surface area contributed by atoms with Gasteiger partial charge in [-0.05, 0) is 42.9 Å². The van der Waals surface area contributed by atoms with E-state index in [1.807, 2.05) is 18.2 Å². The van der Waals surface area contributed by atoms with Gasteiger partial charge in [0, 0.05) is 19.2 Å². The Bertz CT molecular complexity index is 797. The van der Waals surface area contributed by atoms with E-state index in [0.29, 0.717) is 19.0 Å². The summed E-state index contributed by atoms with van der Waals surface area (Å²) < 4.78 is 5.01. The van der Waals surface area contributed by atoms with Crippen LogP contribution in [-0.4, -0.2) is 46.7 Å². The Morgan fingerprint density at radius 2 is 1.74 bits per heavy atom. The molecule has 0 saturated carbocycles. The maximum atomic E-state index is 12.3. The minimum atomic E-state index is -0.792. The number of carbonyl (C=O) groups excluding carboxylic acids is 2. The predicted molar refractivity (Wildman–Crippen MR) is 99.5 cm³/mol. The van der Waals surface area contributed by atoms with Gasteiger partial charge in [-0.3, -0.25) is 4.79 Å². The van der Waals surface area contributed by atoms with Gasteiger partial charge in [-0.1, -0.05) is 30.3 Å². The van der Waals surface area contributed by atoms with Gasteiger partial charge in [0.25, 0.3) is 5.91 Å². The van der Waals surface area contributed by atoms with Crippen LogP contribution in [0.2, 0.25) is 0 Å². The molecule has 2 N–H and O–H groups in total. The lowest BCUT2D eigenvalue weighted by Gasteiger charge is -2.32. The number of ether oxygens (including phenoxy) is 1. The number of carbonyl (C=O) groups is 2. The highest BCUT2D eigenvalue weighted by Crippen LogP contribution is 2.24. The van der Waals surface area contributed by atoms with Crippen molar-refractivity contribution < 1.29 is 24.5 Å². The number of phenols is 2. The first-order valence-corrected chi connectivity index (χ1v) is 9.03. The van der Waals surface area contributed by atoms with E-state index in [-0.39, 0.29) is 29.6 Å². The molecule has 0 atom stereocenters. The second-order valence-electron chi connectivity index (χ2n) is 6.79. The third-order valence-corrected chi connectivity index (χ3v) is 4.86. The summed E-state index contributed by atoms with van der Waals surface area (Å²) >= 11 is 0. The molecule has 1 aliphatic rings. The van der Waals surface area contributed by atoms with Crippen LogP contribution in [0.25, 0.3) is 0 Å². The van der Waals surface area contributed by atoms with E-state index in [2.05, 4.69) is 12.1 Å². The molecular weight excluding hydrogens is 346 g/mol. The summed E-state index contributed by atoms with van der Waals surface area (Å²) in [5.41, 5.74) is 1.23. The van der Waals surface area contributed by atoms with Crippen molar-refractivity contribution in [2.75, 3.05) is 19.7 Å². The Labute approximate surface area is 158 Å². The summed E-state index contributed by atoms with van der Waals surface area (Å²) in [7, 11) is 0. The van der Waals surface area contributed by atoms with Crippen LogP contribution in [-0.2, 0) is 16.0 Å². The fourth-order valence-corrected chi connectivity index (χ4v) is 3.32. The number of piperidine rings is 1. The molecule has 6 heteroatoms. The van der Waals surface area contributed by atoms with Crippen LogP contribution < -0.4 is 0 Å². The van der Waals surface area contributed by atoms with Crippen molar-refractivity contribution >= 4 is 11.9 Å². The molecule has 6 nitrogen and oxygen atoms in total. The molecule has 2 aromatic rings. The maximum absolute atomic E-state index is 12.3. The van der Waals surface area contributed by atoms with Gasteiger partial charge in [0.15, 0.2) is 6.61 Å². The molecule has 1 fully saturated rings. The molecule has 2 aromatic carbocycles. The molecule has 1 amide bonds. The molecule has 1 saturated heterocycles. The Hall–Kier alpha value is -3.02. The zero-order chi connectivity index (χ0) is 19.2. The Morgan fingerprint density at radius 1 is 1.04 bits per heavy atom. The van der Waals surface area contributed by atoms with Gasteiger partial charge in [0.05, 0.1) is 0 Å². The zero-order valence-electron chi connectivity index (χ0n) is 15.0. The molecule has 142 valence electrons. The number of nitrogens with zero attached hydrogens (tertiary/aromatic N) is 1. The molecule has 0 bridgehead atoms. The minimum Gasteiger partial charge on any atom is -0.508 e. The number of esters is 1. The summed E-state index contributed by atoms with van der Waals surface area (Å²) in [5, 5.41) is 18.9. The lowest BCUT2D eigenvalue weighted by Crippen LogP contribution is -2.41. The van der Waals surface area contributed by atoms with E-state index in [4.69, 9.17) is 4.74 Å². The number of hydrogen-bond acceptors (Lipinski definition) is 5. The van der Waals surface area contributed by atoms with Crippen LogP contribution in [0.3, 0.4) is 0 Å². The molecule has 3 rings (SSSR count). The number of aromatic hydroxyl groups is 2. The summed E-state index contributed by atoms with van der Waals surface area (Å²) in [6, 6.07) is 13.9. The second-order valence-corrected chi connectivity index (χ2v) is 6.79. The van der Waals surface area contributed by atoms with Gasteiger partial charge < -0.3 is 19.8 Å². The first-order chi connectivity index (χ1) is 13.0. The van der Waals surface area contributed by atoms with E-state index in [0.717, 1.165) is 25.3 Å². The highest BCUT2D eigenvalue weighted by atomic mass is 16.5. The number of amides is 1. The smallest absolute Gasteiger partial charge is 0.342 e. The number of likely N-dealkylation sites (tertiary alicyclic amines) is 1. The first kappa shape index (κ1) is 18.8. The molecule has 0 aliphatic carbocycles. The Morgan fingerprint density at radius 3 is 2.41 bits per heavy atom. The van der Waals surface area contributed by atoms with Gasteiger partial charge >= 0.3 is 5.97 Å². The van der Waals surface area contributed by atoms with Crippen LogP contribution >= 0.6 is 0 Å². The summed E-state index contributed by atoms with van der Waals surface area (Å²) in [5.74, 6) is -1.01. The van der Waals surface area contributed by atoms with Crippen LogP contribution in [0.15, 0.2) is 48.5 Å². The average Bonchev–Trinajstić information content (AvgIpc) is 2.67. The van der Waals surface area contributed by atoms with Gasteiger partial charge in [-0.25, -0.2) is 4.79 Å². The molecule has 0 unspecified atom stereocenters. The third-order valence-electron chi connectivity index (χ3n) is 4.86. The molecular formula is C21H23NO5. The van der Waals surface area contributed by atoms with Gasteiger partial charge in [-0.2, -0.15) is 0 Å². The Kier molecular flexibility index (Phi) is 5.96. The lowest BCUT2D eigenvalue weighted by atomic mass is 9.90. The van der Waals surface area contributed by atoms with E-state index in [1.165, 1.54) is 17.7 Å². The topological polar surface area (TPSA) is 87.1 Å². The van der Waals surface area contributed by atoms with E-state index < -0.39 is 5.97 Å². The van der Waals surface area contributed by atoms with E-state index in [9.17, 15) is 19.8 Å². The number of phenolic OH excluding ortho intramolecular Hbond substituents is 2. The number of hydrogen-bond donors (Lipinski definition) is 2. The predicted octanol–water partition coefficient (Wildman–Crippen LogP) is 2.74. The van der Waals surface area contributed by atoms with Crippen molar-refractivity contribution in [2.45, 2.75) is 19.3 Å². The maximum Gasteiger partial charge on any atom is 0.342 e. The summed E-state index contributed by atoms with van der Waals surface area (Å²) in [6.07, 6.45) is 2.86. The molecule has 0 spiro atoms. The van der Waals surface area contributed by atoms with Gasteiger partial charge in [0.1, 0.15) is 17.1 Å². The van der Waals surface area contributed by atoms with Crippen molar-refractivity contribution in [1.82, 2.24) is 4.90 Å². The van der Waals surface area contributed by atoms with Crippen LogP contribution in [0, 0.1) is 5.92 Å². The fraction of sp³-hybridized carbons (Fsp3) is 0.333. The quantitative estimate of drug-likeness (QED) is 0.792. The monoisotopic (exact) mass is 369 g/mol. The highest BCUT2D eigenvalue weighted by molar-refractivity contribution is 5.94. The lowest BCUT2D eigenvalue weighted by molar-refractivity contribution is -0.135. The molecule has 0 radical (unpaired) electrons. The largest absolute Gasteiger partial charge is 0.508 e. The fourth-order valence-electron chi connectivity index (χ4n) is 3.32. The second kappa shape index (κ2) is 8.58. The minimum absolute atomic E-state index is 0.0813. The highest BCUT2D eigenvalue weighted by Gasteiger charge is 2.24. The van der Waals surface area contributed by atoms with Crippen molar-refractivity contribution in [3.8, 4) is 11.5 Å². The first-order valence-electron chi connectivity index (χ1n) is 9.03. The van der Waals surface area contributed by atoms with Crippen LogP contribution in [0.4, 0.5) is 0 Å². The Balaban J connectivity index is 1.45. The van der Waals surface area contributed by atoms with Crippen molar-refractivity contribution in [2.24, 2.45) is 5.92 Å². The molecule has 27 heavy (non-hydrogen) atoms. The van der Waals surface area contributed by atoms with E-state index in [1.54, 1.807) is 4.90 Å². The molecule has 0 aromatic heterocycles. The van der Waals surface area contributed by atoms with Crippen molar-refractivity contribution in [3.05, 3.63) is 59.7 Å². The van der Waals surface area contributed by atoms with Crippen LogP contribution in [0.5, 0.6) is 11.5 Å². The van der Waals surface area contributed by atoms with Crippen molar-refractivity contribution in [1.29, 1.82) is 0 Å². The van der Waals surface area contributed by atoms with Gasteiger partial charge in [0.2, 0.25) is 0 Å². The normalized spacial score (nSPS) is 14.7. The average molecular weight is 369 g/mol. The third kappa shape index (κ3) is 5.00. The van der Waals surface area contributed by atoms with E-state index >= 15 is 0 Å². The van der Waals surface area contributed by atoms with Gasteiger partial charge in [-0.15, -0.1) is 0 Å². The zero-order valence-corrected chi connectivity index (χ0v) is 15.0. The summed E-state index contributed by atoms with van der Waals surface area (Å²) in [4.78, 5) is 26.0. The standard InChI is InChI=1S/C21H23NO5/c23-17-6-7-18(19(24)13-17)21(26)27-14-20(25)22-10-8-16(9-11-22)12-15-4-2-1-3-5-15/h1-7,13,16,23-24H,8-12,14H2. The number of benzene rings is 2. The van der Waals surface area contributed by atoms with Crippen LogP contribution in [0.1, 0.15) is 28.8 Å².